The summed E-state index contributed by atoms with van der Waals surface area (Å²) < 4.78 is 14.6. The number of anilines is 1. The maximum Gasteiger partial charge on any atom is 0.331 e. The molecule has 5 nitrogen and oxygen atoms in total. The molecule has 0 atom stereocenters. The Bertz CT molecular complexity index is 586. The van der Waals surface area contributed by atoms with Crippen LogP contribution in [0.3, 0.4) is 0 Å². The van der Waals surface area contributed by atoms with Crippen molar-refractivity contribution < 1.29 is 9.18 Å². The number of nitriles is 1. The maximum atomic E-state index is 13.4. The molecular formula is C11H7FN4O. The molecule has 0 aliphatic carbocycles. The molecule has 6 heteroatoms. The van der Waals surface area contributed by atoms with Crippen molar-refractivity contribution in [3.05, 3.63) is 48.3 Å². The first-order valence-electron chi connectivity index (χ1n) is 4.69. The lowest BCUT2D eigenvalue weighted by atomic mass is 10.2. The van der Waals surface area contributed by atoms with Gasteiger partial charge >= 0.3 is 6.03 Å². The number of halogens is 1. The van der Waals surface area contributed by atoms with Gasteiger partial charge in [-0.05, 0) is 18.2 Å². The van der Waals surface area contributed by atoms with Gasteiger partial charge in [0.1, 0.15) is 12.1 Å². The number of rotatable bonds is 1. The molecule has 0 spiro atoms. The number of hydrogen-bond acceptors (Lipinski definition) is 3. The van der Waals surface area contributed by atoms with E-state index in [0.717, 1.165) is 6.07 Å². The zero-order chi connectivity index (χ0) is 12.3. The molecule has 17 heavy (non-hydrogen) atoms. The lowest BCUT2D eigenvalue weighted by molar-refractivity contribution is 0.253. The summed E-state index contributed by atoms with van der Waals surface area (Å²) in [6, 6.07) is 5.10. The largest absolute Gasteiger partial charge is 0.331 e. The summed E-state index contributed by atoms with van der Waals surface area (Å²) in [6.45, 7) is 0. The highest BCUT2D eigenvalue weighted by Gasteiger charge is 2.08. The standard InChI is InChI=1S/C11H7FN4O/c12-9-5-8(6-13)1-2-10(9)15-11(17)16-4-3-14-7-16/h1-5,7H,(H,15,17). The first kappa shape index (κ1) is 10.8. The highest BCUT2D eigenvalue weighted by atomic mass is 19.1. The van der Waals surface area contributed by atoms with Gasteiger partial charge in [-0.1, -0.05) is 0 Å². The molecular weight excluding hydrogens is 223 g/mol. The van der Waals surface area contributed by atoms with E-state index in [9.17, 15) is 9.18 Å². The van der Waals surface area contributed by atoms with Crippen LogP contribution in [-0.4, -0.2) is 15.6 Å². The van der Waals surface area contributed by atoms with Crippen LogP contribution in [-0.2, 0) is 0 Å². The topological polar surface area (TPSA) is 70.7 Å². The molecule has 0 bridgehead atoms. The van der Waals surface area contributed by atoms with Crippen molar-refractivity contribution in [3.63, 3.8) is 0 Å². The monoisotopic (exact) mass is 230 g/mol. The van der Waals surface area contributed by atoms with Gasteiger partial charge in [0, 0.05) is 12.4 Å². The minimum Gasteiger partial charge on any atom is -0.304 e. The molecule has 1 amide bonds. The quantitative estimate of drug-likeness (QED) is 0.814. The molecule has 2 rings (SSSR count). The van der Waals surface area contributed by atoms with Crippen molar-refractivity contribution in [1.29, 1.82) is 5.26 Å². The first-order valence-corrected chi connectivity index (χ1v) is 4.69. The summed E-state index contributed by atoms with van der Waals surface area (Å²) in [5.41, 5.74) is 0.214. The Morgan fingerprint density at radius 1 is 1.53 bits per heavy atom. The fourth-order valence-corrected chi connectivity index (χ4v) is 1.25. The molecule has 0 radical (unpaired) electrons. The summed E-state index contributed by atoms with van der Waals surface area (Å²) in [5, 5.41) is 10.9. The van der Waals surface area contributed by atoms with Crippen molar-refractivity contribution >= 4 is 11.7 Å². The lowest BCUT2D eigenvalue weighted by Gasteiger charge is -2.06. The van der Waals surface area contributed by atoms with E-state index in [1.54, 1.807) is 0 Å². The fraction of sp³-hybridized carbons (Fsp3) is 0. The highest BCUT2D eigenvalue weighted by Crippen LogP contribution is 2.15. The van der Waals surface area contributed by atoms with Gasteiger partial charge in [0.15, 0.2) is 0 Å². The number of carbonyl (C=O) groups excluding carboxylic acids is 1. The number of carbonyl (C=O) groups is 1. The van der Waals surface area contributed by atoms with Gasteiger partial charge < -0.3 is 5.32 Å². The van der Waals surface area contributed by atoms with Crippen LogP contribution < -0.4 is 5.32 Å². The van der Waals surface area contributed by atoms with Crippen molar-refractivity contribution in [3.8, 4) is 6.07 Å². The molecule has 0 aliphatic rings. The van der Waals surface area contributed by atoms with E-state index in [-0.39, 0.29) is 11.3 Å². The number of hydrogen-bond donors (Lipinski definition) is 1. The molecule has 1 heterocycles. The second kappa shape index (κ2) is 4.45. The third-order valence-corrected chi connectivity index (χ3v) is 2.08. The minimum absolute atomic E-state index is 0.0164. The molecule has 2 aromatic rings. The Balaban J connectivity index is 2.20. The van der Waals surface area contributed by atoms with Crippen LogP contribution in [0.25, 0.3) is 0 Å². The average molecular weight is 230 g/mol. The van der Waals surface area contributed by atoms with Crippen molar-refractivity contribution in [2.24, 2.45) is 0 Å². The number of nitrogens with zero attached hydrogens (tertiary/aromatic N) is 3. The normalized spacial score (nSPS) is 9.65. The fourth-order valence-electron chi connectivity index (χ4n) is 1.25. The van der Waals surface area contributed by atoms with E-state index < -0.39 is 11.8 Å². The summed E-state index contributed by atoms with van der Waals surface area (Å²) in [7, 11) is 0. The van der Waals surface area contributed by atoms with Crippen molar-refractivity contribution in [2.75, 3.05) is 5.32 Å². The average Bonchev–Trinajstić information content (AvgIpc) is 2.85. The molecule has 1 aromatic carbocycles. The number of benzene rings is 1. The zero-order valence-electron chi connectivity index (χ0n) is 8.59. The molecule has 1 aromatic heterocycles. The maximum absolute atomic E-state index is 13.4. The Morgan fingerprint density at radius 3 is 2.94 bits per heavy atom. The van der Waals surface area contributed by atoms with Crippen LogP contribution in [0.15, 0.2) is 36.9 Å². The smallest absolute Gasteiger partial charge is 0.304 e. The van der Waals surface area contributed by atoms with Crippen LogP contribution >= 0.6 is 0 Å². The lowest BCUT2D eigenvalue weighted by Crippen LogP contribution is -2.18. The second-order valence-electron chi connectivity index (χ2n) is 3.21. The van der Waals surface area contributed by atoms with E-state index in [1.807, 2.05) is 6.07 Å². The van der Waals surface area contributed by atoms with Gasteiger partial charge in [0.2, 0.25) is 0 Å². The van der Waals surface area contributed by atoms with Gasteiger partial charge in [0.25, 0.3) is 0 Å². The minimum atomic E-state index is -0.655. The van der Waals surface area contributed by atoms with Gasteiger partial charge in [0.05, 0.1) is 17.3 Å². The number of aromatic nitrogens is 2. The zero-order valence-corrected chi connectivity index (χ0v) is 8.59. The van der Waals surface area contributed by atoms with E-state index in [1.165, 1.54) is 35.4 Å². The van der Waals surface area contributed by atoms with Crippen LogP contribution in [0, 0.1) is 17.1 Å². The summed E-state index contributed by atoms with van der Waals surface area (Å²) in [4.78, 5) is 15.3. The molecule has 0 saturated carbocycles. The van der Waals surface area contributed by atoms with Gasteiger partial charge in [-0.3, -0.25) is 4.57 Å². The number of imidazole rings is 1. The SMILES string of the molecule is N#Cc1ccc(NC(=O)n2ccnc2)c(F)c1. The van der Waals surface area contributed by atoms with Gasteiger partial charge in [-0.2, -0.15) is 5.26 Å². The third kappa shape index (κ3) is 2.29. The van der Waals surface area contributed by atoms with Crippen LogP contribution in [0.1, 0.15) is 5.56 Å². The second-order valence-corrected chi connectivity index (χ2v) is 3.21. The predicted octanol–water partition coefficient (Wildman–Crippen LogP) is 1.97. The Kier molecular flexibility index (Phi) is 2.83. The van der Waals surface area contributed by atoms with E-state index in [4.69, 9.17) is 5.26 Å². The van der Waals surface area contributed by atoms with Gasteiger partial charge in [-0.15, -0.1) is 0 Å². The van der Waals surface area contributed by atoms with Gasteiger partial charge in [-0.25, -0.2) is 14.2 Å². The highest BCUT2D eigenvalue weighted by molar-refractivity contribution is 5.91. The van der Waals surface area contributed by atoms with E-state index >= 15 is 0 Å². The molecule has 1 N–H and O–H groups in total. The number of amides is 1. The first-order chi connectivity index (χ1) is 8.20. The number of nitrogens with one attached hydrogen (secondary N) is 1. The van der Waals surface area contributed by atoms with Crippen molar-refractivity contribution in [2.45, 2.75) is 0 Å². The van der Waals surface area contributed by atoms with E-state index in [2.05, 4.69) is 10.3 Å². The van der Waals surface area contributed by atoms with Crippen LogP contribution in [0.4, 0.5) is 14.9 Å². The molecule has 0 unspecified atom stereocenters. The molecule has 84 valence electrons. The molecule has 0 fully saturated rings. The summed E-state index contributed by atoms with van der Waals surface area (Å²) >= 11 is 0. The summed E-state index contributed by atoms with van der Waals surface area (Å²) in [6.07, 6.45) is 4.18. The van der Waals surface area contributed by atoms with Crippen LogP contribution in [0.2, 0.25) is 0 Å². The van der Waals surface area contributed by atoms with E-state index in [0.29, 0.717) is 0 Å². The third-order valence-electron chi connectivity index (χ3n) is 2.08. The van der Waals surface area contributed by atoms with Crippen LogP contribution in [0.5, 0.6) is 0 Å². The molecule has 0 aliphatic heterocycles. The van der Waals surface area contributed by atoms with Crippen molar-refractivity contribution in [1.82, 2.24) is 9.55 Å². The Labute approximate surface area is 96.1 Å². The Hall–Kier alpha value is -2.68. The summed E-state index contributed by atoms with van der Waals surface area (Å²) in [5.74, 6) is -0.655. The predicted molar refractivity (Wildman–Crippen MR) is 57.8 cm³/mol. The Morgan fingerprint density at radius 2 is 2.35 bits per heavy atom. The molecule has 0 saturated heterocycles.